The fourth-order valence-corrected chi connectivity index (χ4v) is 8.89. The first-order chi connectivity index (χ1) is 40.0. The van der Waals surface area contributed by atoms with Gasteiger partial charge in [0.1, 0.15) is 13.2 Å². The molecule has 0 heterocycles. The number of ether oxygens (including phenoxy) is 3. The van der Waals surface area contributed by atoms with E-state index < -0.39 is 6.10 Å². The Bertz CT molecular complexity index is 1760. The van der Waals surface area contributed by atoms with Crippen LogP contribution in [0.3, 0.4) is 0 Å². The Kier molecular flexibility index (Phi) is 63.9. The van der Waals surface area contributed by atoms with Gasteiger partial charge in [-0.2, -0.15) is 0 Å². The second kappa shape index (κ2) is 67.8. The number of unbranched alkanes of at least 4 members (excludes halogenated alkanes) is 24. The van der Waals surface area contributed by atoms with Crippen molar-refractivity contribution in [2.45, 2.75) is 297 Å². The number of carbonyl (C=O) groups is 3. The van der Waals surface area contributed by atoms with Crippen molar-refractivity contribution in [3.63, 3.8) is 0 Å². The zero-order chi connectivity index (χ0) is 58.5. The van der Waals surface area contributed by atoms with Gasteiger partial charge in [-0.05, 0) is 135 Å². The Morgan fingerprint density at radius 2 is 0.494 bits per heavy atom. The molecule has 0 aromatic heterocycles. The highest BCUT2D eigenvalue weighted by molar-refractivity contribution is 5.71. The highest BCUT2D eigenvalue weighted by atomic mass is 16.6. The summed E-state index contributed by atoms with van der Waals surface area (Å²) in [5, 5.41) is 0. The third kappa shape index (κ3) is 66.0. The normalized spacial score (nSPS) is 13.1. The largest absolute Gasteiger partial charge is 0.462 e. The van der Waals surface area contributed by atoms with E-state index in [0.717, 1.165) is 122 Å². The van der Waals surface area contributed by atoms with Crippen molar-refractivity contribution in [3.05, 3.63) is 146 Å². The van der Waals surface area contributed by atoms with Crippen molar-refractivity contribution < 1.29 is 28.6 Å². The lowest BCUT2D eigenvalue weighted by Crippen LogP contribution is -2.30. The minimum atomic E-state index is -0.816. The molecule has 0 saturated carbocycles. The van der Waals surface area contributed by atoms with E-state index in [-0.39, 0.29) is 37.5 Å². The van der Waals surface area contributed by atoms with Crippen LogP contribution in [-0.4, -0.2) is 37.2 Å². The molecule has 0 aromatic carbocycles. The molecule has 458 valence electrons. The Hall–Kier alpha value is -4.71. The van der Waals surface area contributed by atoms with Crippen molar-refractivity contribution in [3.8, 4) is 0 Å². The first-order valence-electron chi connectivity index (χ1n) is 33.3. The lowest BCUT2D eigenvalue weighted by atomic mass is 10.1. The molecule has 0 N–H and O–H groups in total. The van der Waals surface area contributed by atoms with Crippen molar-refractivity contribution in [1.29, 1.82) is 0 Å². The molecule has 6 nitrogen and oxygen atoms in total. The van der Waals surface area contributed by atoms with Crippen LogP contribution in [0.15, 0.2) is 146 Å². The molecule has 1 atom stereocenters. The SMILES string of the molecule is CC/C=C\C/C=C\C/C=C\C/C=C\C/C=C\CCCC(=O)OCC(COC(=O)CCCCCCCCCCCC/C=C\C/C=C\C/C=C\CCCCCCC)OC(=O)CCCCCCCCCC/C=C\C/C=C\C/C=C\C/C=C\CC. The van der Waals surface area contributed by atoms with Crippen LogP contribution >= 0.6 is 0 Å². The van der Waals surface area contributed by atoms with Gasteiger partial charge in [0.2, 0.25) is 0 Å². The minimum absolute atomic E-state index is 0.106. The van der Waals surface area contributed by atoms with Crippen LogP contribution < -0.4 is 0 Å². The summed E-state index contributed by atoms with van der Waals surface area (Å²) in [6.45, 7) is 6.36. The number of rotatable bonds is 59. The van der Waals surface area contributed by atoms with Crippen LogP contribution in [0.1, 0.15) is 290 Å². The average Bonchev–Trinajstić information content (AvgIpc) is 3.47. The smallest absolute Gasteiger partial charge is 0.306 e. The third-order valence-electron chi connectivity index (χ3n) is 13.8. The van der Waals surface area contributed by atoms with Gasteiger partial charge in [0, 0.05) is 19.3 Å². The van der Waals surface area contributed by atoms with Crippen LogP contribution in [-0.2, 0) is 28.6 Å². The van der Waals surface area contributed by atoms with Gasteiger partial charge in [-0.3, -0.25) is 14.4 Å². The zero-order valence-electron chi connectivity index (χ0n) is 52.5. The Morgan fingerprint density at radius 3 is 0.802 bits per heavy atom. The maximum absolute atomic E-state index is 12.9. The topological polar surface area (TPSA) is 78.9 Å². The second-order valence-electron chi connectivity index (χ2n) is 21.6. The molecule has 0 spiro atoms. The summed E-state index contributed by atoms with van der Waals surface area (Å²) in [6, 6.07) is 0. The van der Waals surface area contributed by atoms with Crippen molar-refractivity contribution in [2.75, 3.05) is 13.2 Å². The van der Waals surface area contributed by atoms with Gasteiger partial charge in [0.05, 0.1) is 0 Å². The fourth-order valence-electron chi connectivity index (χ4n) is 8.89. The van der Waals surface area contributed by atoms with Crippen LogP contribution in [0.25, 0.3) is 0 Å². The Labute approximate surface area is 499 Å². The summed E-state index contributed by atoms with van der Waals surface area (Å²) in [5.41, 5.74) is 0. The first-order valence-corrected chi connectivity index (χ1v) is 33.3. The van der Waals surface area contributed by atoms with E-state index in [4.69, 9.17) is 14.2 Å². The van der Waals surface area contributed by atoms with Gasteiger partial charge >= 0.3 is 17.9 Å². The van der Waals surface area contributed by atoms with E-state index in [0.29, 0.717) is 19.3 Å². The van der Waals surface area contributed by atoms with Gasteiger partial charge in [-0.25, -0.2) is 0 Å². The monoisotopic (exact) mass is 1120 g/mol. The summed E-state index contributed by atoms with van der Waals surface area (Å²) < 4.78 is 16.9. The maximum atomic E-state index is 12.9. The number of esters is 3. The van der Waals surface area contributed by atoms with Gasteiger partial charge < -0.3 is 14.2 Å². The highest BCUT2D eigenvalue weighted by Crippen LogP contribution is 2.15. The van der Waals surface area contributed by atoms with Gasteiger partial charge in [-0.15, -0.1) is 0 Å². The third-order valence-corrected chi connectivity index (χ3v) is 13.8. The van der Waals surface area contributed by atoms with Gasteiger partial charge in [-0.1, -0.05) is 282 Å². The van der Waals surface area contributed by atoms with Crippen LogP contribution in [0.2, 0.25) is 0 Å². The Balaban J connectivity index is 4.46. The van der Waals surface area contributed by atoms with E-state index in [9.17, 15) is 14.4 Å². The van der Waals surface area contributed by atoms with Crippen molar-refractivity contribution in [2.24, 2.45) is 0 Å². The van der Waals surface area contributed by atoms with Crippen molar-refractivity contribution in [1.82, 2.24) is 0 Å². The number of carbonyl (C=O) groups excluding carboxylic acids is 3. The molecule has 0 bridgehead atoms. The molecular weight excluding hydrogens is 997 g/mol. The summed E-state index contributed by atoms with van der Waals surface area (Å²) >= 11 is 0. The molecule has 0 amide bonds. The minimum Gasteiger partial charge on any atom is -0.462 e. The Morgan fingerprint density at radius 1 is 0.259 bits per heavy atom. The quantitative estimate of drug-likeness (QED) is 0.0261. The summed E-state index contributed by atoms with van der Waals surface area (Å²) in [7, 11) is 0. The highest BCUT2D eigenvalue weighted by Gasteiger charge is 2.19. The fraction of sp³-hybridized carbons (Fsp3) is 0.640. The molecule has 0 aromatic rings. The van der Waals surface area contributed by atoms with E-state index in [2.05, 4.69) is 167 Å². The van der Waals surface area contributed by atoms with Crippen LogP contribution in [0, 0.1) is 0 Å². The standard InChI is InChI=1S/C75H122O6/c1-4-7-10-13-16-19-22-25-28-31-33-35-36-37-38-40-41-44-47-50-53-56-59-62-65-68-74(77)80-71-72(70-79-73(76)67-64-61-58-55-52-49-46-43-30-27-24-21-18-15-12-9-6-3)81-75(78)69-66-63-60-57-54-51-48-45-42-39-34-32-29-26-23-20-17-14-11-8-5-2/h8-9,11-12,17-18,20-22,25-27,29-31,33-34,36-37,39,46,49,55,58,72H,4-7,10,13-16,19,23-24,28,32,35,38,40-45,47-48,50-54,56-57,59-71H2,1-3H3/b11-8-,12-9-,20-17-,21-18-,25-22-,29-26-,30-27-,33-31-,37-36-,39-34-,49-46-,58-55-. The number of hydrogen-bond acceptors (Lipinski definition) is 6. The van der Waals surface area contributed by atoms with Crippen LogP contribution in [0.4, 0.5) is 0 Å². The number of hydrogen-bond donors (Lipinski definition) is 0. The number of allylic oxidation sites excluding steroid dienone is 24. The van der Waals surface area contributed by atoms with E-state index in [1.54, 1.807) is 0 Å². The average molecular weight is 1120 g/mol. The lowest BCUT2D eigenvalue weighted by molar-refractivity contribution is -0.167. The lowest BCUT2D eigenvalue weighted by Gasteiger charge is -2.18. The van der Waals surface area contributed by atoms with E-state index >= 15 is 0 Å². The molecular formula is C75H122O6. The summed E-state index contributed by atoms with van der Waals surface area (Å²) in [4.78, 5) is 38.4. The van der Waals surface area contributed by atoms with Gasteiger partial charge in [0.25, 0.3) is 0 Å². The molecule has 6 heteroatoms. The molecule has 81 heavy (non-hydrogen) atoms. The van der Waals surface area contributed by atoms with Crippen molar-refractivity contribution >= 4 is 17.9 Å². The van der Waals surface area contributed by atoms with E-state index in [1.165, 1.54) is 122 Å². The predicted molar refractivity (Wildman–Crippen MR) is 352 cm³/mol. The molecule has 0 aliphatic rings. The van der Waals surface area contributed by atoms with Crippen LogP contribution in [0.5, 0.6) is 0 Å². The molecule has 1 unspecified atom stereocenters. The predicted octanol–water partition coefficient (Wildman–Crippen LogP) is 23.1. The summed E-state index contributed by atoms with van der Waals surface area (Å²) in [5.74, 6) is -0.976. The molecule has 0 rings (SSSR count). The molecule has 0 saturated heterocycles. The summed E-state index contributed by atoms with van der Waals surface area (Å²) in [6.07, 6.45) is 97.2. The molecule has 0 fully saturated rings. The first kappa shape index (κ1) is 76.3. The molecule has 0 aliphatic carbocycles. The molecule has 0 radical (unpaired) electrons. The maximum Gasteiger partial charge on any atom is 0.306 e. The van der Waals surface area contributed by atoms with Gasteiger partial charge in [0.15, 0.2) is 6.10 Å². The molecule has 0 aliphatic heterocycles. The second-order valence-corrected chi connectivity index (χ2v) is 21.6. The zero-order valence-corrected chi connectivity index (χ0v) is 52.5. The van der Waals surface area contributed by atoms with E-state index in [1.807, 2.05) is 0 Å².